The highest BCUT2D eigenvalue weighted by Crippen LogP contribution is 2.23. The summed E-state index contributed by atoms with van der Waals surface area (Å²) in [4.78, 5) is 19.9. The summed E-state index contributed by atoms with van der Waals surface area (Å²) in [5.74, 6) is 1.32. The number of benzene rings is 2. The molecule has 3 aromatic rings. The third-order valence-electron chi connectivity index (χ3n) is 5.86. The number of hydrogen-bond acceptors (Lipinski definition) is 3. The van der Waals surface area contributed by atoms with Gasteiger partial charge in [0.05, 0.1) is 17.6 Å². The van der Waals surface area contributed by atoms with Crippen molar-refractivity contribution in [3.63, 3.8) is 0 Å². The molecule has 4 rings (SSSR count). The first-order valence-electron chi connectivity index (χ1n) is 10.2. The van der Waals surface area contributed by atoms with Crippen molar-refractivity contribution in [3.05, 3.63) is 59.9 Å². The molecule has 0 aliphatic carbocycles. The number of carbonyl (C=O) groups is 1. The molecule has 1 amide bonds. The fourth-order valence-electron chi connectivity index (χ4n) is 4.08. The molecule has 2 heterocycles. The van der Waals surface area contributed by atoms with Gasteiger partial charge in [0.15, 0.2) is 0 Å². The van der Waals surface area contributed by atoms with Gasteiger partial charge in [-0.1, -0.05) is 37.3 Å². The second-order valence-corrected chi connectivity index (χ2v) is 7.63. The number of para-hydroxylation sites is 3. The third kappa shape index (κ3) is 3.80. The van der Waals surface area contributed by atoms with E-state index in [4.69, 9.17) is 4.98 Å². The summed E-state index contributed by atoms with van der Waals surface area (Å²) < 4.78 is 2.18. The van der Waals surface area contributed by atoms with Crippen LogP contribution in [0.15, 0.2) is 48.5 Å². The molecule has 0 saturated carbocycles. The Morgan fingerprint density at radius 2 is 1.82 bits per heavy atom. The first kappa shape index (κ1) is 18.7. The van der Waals surface area contributed by atoms with Crippen molar-refractivity contribution in [2.24, 2.45) is 13.0 Å². The van der Waals surface area contributed by atoms with Crippen molar-refractivity contribution in [2.45, 2.75) is 32.7 Å². The van der Waals surface area contributed by atoms with E-state index in [1.54, 1.807) is 0 Å². The number of fused-ring (bicyclic) bond motifs is 1. The van der Waals surface area contributed by atoms with Crippen molar-refractivity contribution in [3.8, 4) is 0 Å². The molecule has 1 aromatic heterocycles. The second kappa shape index (κ2) is 8.15. The molecule has 1 fully saturated rings. The second-order valence-electron chi connectivity index (χ2n) is 7.63. The Bertz CT molecular complexity index is 970. The zero-order chi connectivity index (χ0) is 19.5. The summed E-state index contributed by atoms with van der Waals surface area (Å²) in [5, 5.41) is 3.15. The van der Waals surface area contributed by atoms with Crippen LogP contribution in [0.3, 0.4) is 0 Å². The number of rotatable bonds is 5. The van der Waals surface area contributed by atoms with Crippen LogP contribution in [0.1, 0.15) is 31.2 Å². The number of amides is 1. The van der Waals surface area contributed by atoms with Crippen LogP contribution >= 0.6 is 0 Å². The largest absolute Gasteiger partial charge is 0.330 e. The molecule has 1 saturated heterocycles. The molecule has 0 spiro atoms. The van der Waals surface area contributed by atoms with Crippen molar-refractivity contribution >= 4 is 22.6 Å². The fourth-order valence-corrected chi connectivity index (χ4v) is 4.08. The van der Waals surface area contributed by atoms with Crippen LogP contribution in [0.25, 0.3) is 11.0 Å². The lowest BCUT2D eigenvalue weighted by Crippen LogP contribution is -2.38. The van der Waals surface area contributed by atoms with E-state index in [-0.39, 0.29) is 11.8 Å². The van der Waals surface area contributed by atoms with E-state index >= 15 is 0 Å². The Morgan fingerprint density at radius 1 is 1.11 bits per heavy atom. The lowest BCUT2D eigenvalue weighted by atomic mass is 9.95. The highest BCUT2D eigenvalue weighted by atomic mass is 16.1. The molecule has 5 nitrogen and oxygen atoms in total. The lowest BCUT2D eigenvalue weighted by Gasteiger charge is -2.31. The molecule has 0 unspecified atom stereocenters. The van der Waals surface area contributed by atoms with E-state index in [0.717, 1.165) is 55.9 Å². The molecule has 28 heavy (non-hydrogen) atoms. The van der Waals surface area contributed by atoms with E-state index in [2.05, 4.69) is 53.0 Å². The average Bonchev–Trinajstić information content (AvgIpc) is 3.04. The van der Waals surface area contributed by atoms with Gasteiger partial charge in [-0.15, -0.1) is 0 Å². The predicted octanol–water partition coefficient (Wildman–Crippen LogP) is 3.99. The number of anilines is 1. The molecule has 0 radical (unpaired) electrons. The lowest BCUT2D eigenvalue weighted by molar-refractivity contribution is -0.121. The van der Waals surface area contributed by atoms with E-state index in [1.807, 2.05) is 24.3 Å². The number of nitrogens with one attached hydrogen (secondary N) is 1. The van der Waals surface area contributed by atoms with Gasteiger partial charge in [0.1, 0.15) is 5.82 Å². The van der Waals surface area contributed by atoms with Gasteiger partial charge in [0.25, 0.3) is 0 Å². The zero-order valence-corrected chi connectivity index (χ0v) is 16.7. The molecule has 2 aromatic carbocycles. The molecular weight excluding hydrogens is 348 g/mol. The third-order valence-corrected chi connectivity index (χ3v) is 5.86. The van der Waals surface area contributed by atoms with Gasteiger partial charge in [0.2, 0.25) is 5.91 Å². The number of aromatic nitrogens is 2. The van der Waals surface area contributed by atoms with E-state index < -0.39 is 0 Å². The number of hydrogen-bond donors (Lipinski definition) is 1. The maximum Gasteiger partial charge on any atom is 0.227 e. The Balaban J connectivity index is 1.35. The van der Waals surface area contributed by atoms with Crippen molar-refractivity contribution < 1.29 is 4.79 Å². The molecule has 0 atom stereocenters. The molecule has 146 valence electrons. The van der Waals surface area contributed by atoms with Gasteiger partial charge in [0, 0.05) is 18.7 Å². The minimum absolute atomic E-state index is 0.0848. The number of likely N-dealkylation sites (tertiary alicyclic amines) is 1. The van der Waals surface area contributed by atoms with Crippen LogP contribution in [-0.2, 0) is 24.8 Å². The first-order valence-corrected chi connectivity index (χ1v) is 10.2. The molecule has 1 aliphatic heterocycles. The summed E-state index contributed by atoms with van der Waals surface area (Å²) >= 11 is 0. The molecule has 1 aliphatic rings. The van der Waals surface area contributed by atoms with Gasteiger partial charge in [-0.05, 0) is 56.1 Å². The standard InChI is InChI=1S/C23H28N4O/c1-3-17-8-4-5-9-19(17)25-23(28)18-12-14-27(15-13-18)16-22-24-20-10-6-7-11-21(20)26(22)2/h4-11,18H,3,12-16H2,1-2H3,(H,25,28). The topological polar surface area (TPSA) is 50.2 Å². The van der Waals surface area contributed by atoms with Crippen LogP contribution in [0, 0.1) is 5.92 Å². The predicted molar refractivity (Wildman–Crippen MR) is 113 cm³/mol. The van der Waals surface area contributed by atoms with E-state index in [1.165, 1.54) is 11.1 Å². The summed E-state index contributed by atoms with van der Waals surface area (Å²) in [7, 11) is 2.08. The summed E-state index contributed by atoms with van der Waals surface area (Å²) in [6.07, 6.45) is 2.71. The van der Waals surface area contributed by atoms with E-state index in [9.17, 15) is 4.79 Å². The van der Waals surface area contributed by atoms with Crippen LogP contribution in [0.2, 0.25) is 0 Å². The van der Waals surface area contributed by atoms with Crippen LogP contribution in [-0.4, -0.2) is 33.4 Å². The Morgan fingerprint density at radius 3 is 2.57 bits per heavy atom. The summed E-state index contributed by atoms with van der Waals surface area (Å²) in [6, 6.07) is 16.3. The zero-order valence-electron chi connectivity index (χ0n) is 16.7. The summed E-state index contributed by atoms with van der Waals surface area (Å²) in [5.41, 5.74) is 4.36. The maximum absolute atomic E-state index is 12.7. The quantitative estimate of drug-likeness (QED) is 0.733. The minimum Gasteiger partial charge on any atom is -0.330 e. The molecule has 1 N–H and O–H groups in total. The highest BCUT2D eigenvalue weighted by molar-refractivity contribution is 5.93. The number of piperidine rings is 1. The van der Waals surface area contributed by atoms with Gasteiger partial charge in [-0.2, -0.15) is 0 Å². The smallest absolute Gasteiger partial charge is 0.227 e. The maximum atomic E-state index is 12.7. The normalized spacial score (nSPS) is 15.8. The summed E-state index contributed by atoms with van der Waals surface area (Å²) in [6.45, 7) is 4.80. The van der Waals surface area contributed by atoms with Gasteiger partial charge < -0.3 is 9.88 Å². The highest BCUT2D eigenvalue weighted by Gasteiger charge is 2.26. The molecular formula is C23H28N4O. The van der Waals surface area contributed by atoms with E-state index in [0.29, 0.717) is 0 Å². The molecule has 0 bridgehead atoms. The first-order chi connectivity index (χ1) is 13.7. The monoisotopic (exact) mass is 376 g/mol. The SMILES string of the molecule is CCc1ccccc1NC(=O)C1CCN(Cc2nc3ccccc3n2C)CC1. The fraction of sp³-hybridized carbons (Fsp3) is 0.391. The van der Waals surface area contributed by atoms with Crippen molar-refractivity contribution in [2.75, 3.05) is 18.4 Å². The Hall–Kier alpha value is -2.66. The number of aryl methyl sites for hydroxylation is 2. The Kier molecular flexibility index (Phi) is 5.44. The number of nitrogens with zero attached hydrogens (tertiary/aromatic N) is 3. The average molecular weight is 377 g/mol. The number of imidazole rings is 1. The number of carbonyl (C=O) groups excluding carboxylic acids is 1. The van der Waals surface area contributed by atoms with Crippen LogP contribution in [0.4, 0.5) is 5.69 Å². The van der Waals surface area contributed by atoms with Crippen molar-refractivity contribution in [1.82, 2.24) is 14.5 Å². The van der Waals surface area contributed by atoms with Crippen LogP contribution in [0.5, 0.6) is 0 Å². The van der Waals surface area contributed by atoms with Crippen molar-refractivity contribution in [1.29, 1.82) is 0 Å². The van der Waals surface area contributed by atoms with Gasteiger partial charge in [-0.25, -0.2) is 4.98 Å². The van der Waals surface area contributed by atoms with Crippen LogP contribution < -0.4 is 5.32 Å². The van der Waals surface area contributed by atoms with Gasteiger partial charge >= 0.3 is 0 Å². The molecule has 5 heteroatoms. The minimum atomic E-state index is 0.0848. The van der Waals surface area contributed by atoms with Gasteiger partial charge in [-0.3, -0.25) is 9.69 Å². The Labute approximate surface area is 166 Å².